The summed E-state index contributed by atoms with van der Waals surface area (Å²) in [6.07, 6.45) is 9.31. The maximum atomic E-state index is 13.9. The molecule has 0 saturated carbocycles. The van der Waals surface area contributed by atoms with Crippen molar-refractivity contribution in [2.45, 2.75) is 70.2 Å². The Hall–Kier alpha value is -2.84. The highest BCUT2D eigenvalue weighted by molar-refractivity contribution is 6.31. The predicted octanol–water partition coefficient (Wildman–Crippen LogP) is 5.33. The molecule has 39 heavy (non-hydrogen) atoms. The van der Waals surface area contributed by atoms with E-state index in [9.17, 15) is 9.59 Å². The number of dihydropyridines is 1. The number of aliphatic imine (C=N–C) groups is 1. The van der Waals surface area contributed by atoms with Gasteiger partial charge in [-0.1, -0.05) is 29.8 Å². The lowest BCUT2D eigenvalue weighted by Crippen LogP contribution is -2.50. The minimum atomic E-state index is -0.546. The third-order valence-electron chi connectivity index (χ3n) is 8.44. The number of rotatable bonds is 3. The largest absolute Gasteiger partial charge is 0.444 e. The Morgan fingerprint density at radius 1 is 1.21 bits per heavy atom. The van der Waals surface area contributed by atoms with Gasteiger partial charge >= 0.3 is 6.09 Å². The molecule has 6 rings (SSSR count). The molecular formula is C30H37ClN4O4. The molecule has 1 unspecified atom stereocenters. The number of carbonyl (C=O) groups is 2. The monoisotopic (exact) mass is 552 g/mol. The van der Waals surface area contributed by atoms with Crippen LogP contribution in [0.1, 0.15) is 56.8 Å². The molecule has 2 amide bonds. The van der Waals surface area contributed by atoms with Crippen LogP contribution in [0.2, 0.25) is 5.02 Å². The number of likely N-dealkylation sites (tertiary alicyclic amines) is 2. The molecule has 9 heteroatoms. The van der Waals surface area contributed by atoms with E-state index < -0.39 is 5.60 Å². The van der Waals surface area contributed by atoms with E-state index in [0.717, 1.165) is 42.3 Å². The second-order valence-electron chi connectivity index (χ2n) is 12.2. The van der Waals surface area contributed by atoms with Crippen molar-refractivity contribution >= 4 is 40.2 Å². The number of hydrogen-bond acceptors (Lipinski definition) is 5. The van der Waals surface area contributed by atoms with E-state index in [0.29, 0.717) is 49.9 Å². The zero-order valence-electron chi connectivity index (χ0n) is 23.0. The summed E-state index contributed by atoms with van der Waals surface area (Å²) in [6, 6.07) is 5.67. The molecule has 2 atom stereocenters. The van der Waals surface area contributed by atoms with Crippen LogP contribution >= 0.6 is 11.6 Å². The second-order valence-corrected chi connectivity index (χ2v) is 12.6. The molecule has 1 aromatic heterocycles. The summed E-state index contributed by atoms with van der Waals surface area (Å²) in [5.41, 5.74) is 1.86. The Kier molecular flexibility index (Phi) is 6.74. The van der Waals surface area contributed by atoms with Gasteiger partial charge in [0.2, 0.25) is 0 Å². The summed E-state index contributed by atoms with van der Waals surface area (Å²) in [7, 11) is 0. The van der Waals surface area contributed by atoms with Crippen LogP contribution < -0.4 is 0 Å². The van der Waals surface area contributed by atoms with Gasteiger partial charge in [-0.25, -0.2) is 4.79 Å². The summed E-state index contributed by atoms with van der Waals surface area (Å²) < 4.78 is 14.1. The minimum absolute atomic E-state index is 0.00925. The highest BCUT2D eigenvalue weighted by atomic mass is 35.5. The van der Waals surface area contributed by atoms with E-state index in [1.807, 2.05) is 55.0 Å². The van der Waals surface area contributed by atoms with Gasteiger partial charge in [-0.2, -0.15) is 0 Å². The van der Waals surface area contributed by atoms with Gasteiger partial charge in [0, 0.05) is 48.7 Å². The normalized spacial score (nSPS) is 24.4. The Balaban J connectivity index is 1.22. The summed E-state index contributed by atoms with van der Waals surface area (Å²) in [5.74, 6) is 0.297. The molecule has 8 nitrogen and oxygen atoms in total. The number of carbonyl (C=O) groups excluding carboxylic acids is 2. The summed E-state index contributed by atoms with van der Waals surface area (Å²) in [4.78, 5) is 35.3. The fourth-order valence-electron chi connectivity index (χ4n) is 6.57. The number of fused-ring (bicyclic) bond motifs is 3. The Morgan fingerprint density at radius 2 is 2.00 bits per heavy atom. The topological polar surface area (TPSA) is 76.4 Å². The van der Waals surface area contributed by atoms with Crippen LogP contribution in [-0.4, -0.2) is 82.1 Å². The van der Waals surface area contributed by atoms with Crippen LogP contribution in [0.25, 0.3) is 10.9 Å². The van der Waals surface area contributed by atoms with Crippen LogP contribution in [0.4, 0.5) is 4.79 Å². The van der Waals surface area contributed by atoms with Gasteiger partial charge in [0.05, 0.1) is 36.0 Å². The van der Waals surface area contributed by atoms with Crippen LogP contribution in [0.5, 0.6) is 0 Å². The first kappa shape index (κ1) is 26.4. The number of piperidine rings is 1. The number of nitrogens with zero attached hydrogens (tertiary/aromatic N) is 4. The van der Waals surface area contributed by atoms with Gasteiger partial charge in [0.1, 0.15) is 11.2 Å². The Labute approximate surface area is 234 Å². The zero-order chi connectivity index (χ0) is 27.4. The van der Waals surface area contributed by atoms with Crippen molar-refractivity contribution in [3.63, 3.8) is 0 Å². The SMILES string of the molecule is CC(C)(C)OC(=O)N1CCC[C@H]1Cn1cc(C(=O)N2CCC3(CC2)OCC2C=CCN=C23)c2ccc(Cl)cc21. The first-order chi connectivity index (χ1) is 18.6. The quantitative estimate of drug-likeness (QED) is 0.483. The zero-order valence-corrected chi connectivity index (χ0v) is 23.7. The first-order valence-electron chi connectivity index (χ1n) is 14.1. The molecule has 5 heterocycles. The Morgan fingerprint density at radius 3 is 2.77 bits per heavy atom. The molecule has 0 radical (unpaired) electrons. The van der Waals surface area contributed by atoms with E-state index in [1.165, 1.54) is 0 Å². The number of halogens is 1. The van der Waals surface area contributed by atoms with E-state index in [1.54, 1.807) is 0 Å². The van der Waals surface area contributed by atoms with Crippen molar-refractivity contribution in [1.29, 1.82) is 0 Å². The molecule has 3 saturated heterocycles. The van der Waals surface area contributed by atoms with Gasteiger partial charge in [0.25, 0.3) is 5.91 Å². The van der Waals surface area contributed by atoms with Crippen molar-refractivity contribution in [3.05, 3.63) is 47.1 Å². The highest BCUT2D eigenvalue weighted by Crippen LogP contribution is 2.39. The fraction of sp³-hybridized carbons (Fsp3) is 0.567. The molecule has 0 aliphatic carbocycles. The van der Waals surface area contributed by atoms with Crippen molar-refractivity contribution in [3.8, 4) is 0 Å². The summed E-state index contributed by atoms with van der Waals surface area (Å²) >= 11 is 6.40. The third-order valence-corrected chi connectivity index (χ3v) is 8.67. The van der Waals surface area contributed by atoms with Crippen LogP contribution in [0.3, 0.4) is 0 Å². The molecule has 0 bridgehead atoms. The maximum absolute atomic E-state index is 13.9. The molecular weight excluding hydrogens is 516 g/mol. The molecule has 0 N–H and O–H groups in total. The van der Waals surface area contributed by atoms with Gasteiger partial charge in [-0.05, 0) is 58.6 Å². The molecule has 208 valence electrons. The van der Waals surface area contributed by atoms with Crippen LogP contribution in [0.15, 0.2) is 41.5 Å². The summed E-state index contributed by atoms with van der Waals surface area (Å²) in [6.45, 7) is 9.55. The van der Waals surface area contributed by atoms with E-state index in [4.69, 9.17) is 26.1 Å². The van der Waals surface area contributed by atoms with Crippen molar-refractivity contribution in [1.82, 2.24) is 14.4 Å². The predicted molar refractivity (Wildman–Crippen MR) is 152 cm³/mol. The lowest BCUT2D eigenvalue weighted by atomic mass is 9.82. The lowest BCUT2D eigenvalue weighted by molar-refractivity contribution is -0.00982. The molecule has 1 spiro atoms. The van der Waals surface area contributed by atoms with Gasteiger partial charge < -0.3 is 23.8 Å². The highest BCUT2D eigenvalue weighted by Gasteiger charge is 2.48. The molecule has 3 fully saturated rings. The first-order valence-corrected chi connectivity index (χ1v) is 14.4. The average molecular weight is 553 g/mol. The Bertz CT molecular complexity index is 1350. The average Bonchev–Trinajstić information content (AvgIpc) is 3.60. The number of ether oxygens (including phenoxy) is 2. The van der Waals surface area contributed by atoms with E-state index >= 15 is 0 Å². The van der Waals surface area contributed by atoms with Crippen molar-refractivity contribution in [2.75, 3.05) is 32.8 Å². The van der Waals surface area contributed by atoms with E-state index in [-0.39, 0.29) is 29.6 Å². The summed E-state index contributed by atoms with van der Waals surface area (Å²) in [5, 5.41) is 1.50. The molecule has 4 aliphatic rings. The second kappa shape index (κ2) is 9.97. The van der Waals surface area contributed by atoms with E-state index in [2.05, 4.69) is 16.7 Å². The molecule has 1 aromatic carbocycles. The lowest BCUT2D eigenvalue weighted by Gasteiger charge is -2.39. The van der Waals surface area contributed by atoms with Crippen molar-refractivity contribution in [2.24, 2.45) is 10.9 Å². The number of hydrogen-bond donors (Lipinski definition) is 0. The standard InChI is InChI=1S/C30H37ClN4O4/c1-29(2,3)39-28(37)35-13-5-7-22(35)17-34-18-24(23-9-8-21(31)16-25(23)34)27(36)33-14-10-30(11-15-33)26-20(19-38-30)6-4-12-32-26/h4,6,8-9,16,18,20,22H,5,7,10-15,17,19H2,1-3H3/t20?,22-/m0/s1. The smallest absolute Gasteiger partial charge is 0.410 e. The van der Waals surface area contributed by atoms with Crippen LogP contribution in [-0.2, 0) is 16.0 Å². The van der Waals surface area contributed by atoms with Gasteiger partial charge in [-0.3, -0.25) is 9.79 Å². The van der Waals surface area contributed by atoms with Crippen molar-refractivity contribution < 1.29 is 19.1 Å². The fourth-order valence-corrected chi connectivity index (χ4v) is 6.73. The molecule has 4 aliphatic heterocycles. The number of amides is 2. The third kappa shape index (κ3) is 4.97. The minimum Gasteiger partial charge on any atom is -0.444 e. The number of aromatic nitrogens is 1. The molecule has 2 aromatic rings. The number of benzene rings is 1. The van der Waals surface area contributed by atoms with Gasteiger partial charge in [-0.15, -0.1) is 0 Å². The van der Waals surface area contributed by atoms with Gasteiger partial charge in [0.15, 0.2) is 0 Å². The van der Waals surface area contributed by atoms with Crippen LogP contribution in [0, 0.1) is 5.92 Å². The maximum Gasteiger partial charge on any atom is 0.410 e.